The van der Waals surface area contributed by atoms with Gasteiger partial charge in [-0.3, -0.25) is 9.97 Å². The van der Waals surface area contributed by atoms with Crippen LogP contribution in [0.4, 0.5) is 0 Å². The van der Waals surface area contributed by atoms with Gasteiger partial charge in [-0.05, 0) is 68.2 Å². The van der Waals surface area contributed by atoms with E-state index >= 15 is 0 Å². The maximum Gasteiger partial charge on any atom is 0.164 e. The monoisotopic (exact) mass is 613 g/mol. The Bertz CT molecular complexity index is 2510. The van der Waals surface area contributed by atoms with E-state index < -0.39 is 0 Å². The summed E-state index contributed by atoms with van der Waals surface area (Å²) in [6.07, 6.45) is 5.54. The molecule has 0 fully saturated rings. The van der Waals surface area contributed by atoms with E-state index in [0.717, 1.165) is 44.5 Å². The Morgan fingerprint density at radius 1 is 0.312 bits per heavy atom. The predicted octanol–water partition coefficient (Wildman–Crippen LogP) is 10.5. The first-order valence-electron chi connectivity index (χ1n) is 15.9. The summed E-state index contributed by atoms with van der Waals surface area (Å²) in [6.45, 7) is 0. The highest BCUT2D eigenvalue weighted by atomic mass is 15.0. The van der Waals surface area contributed by atoms with Crippen molar-refractivity contribution in [2.75, 3.05) is 0 Å². The van der Waals surface area contributed by atoms with Crippen LogP contribution >= 0.6 is 0 Å². The summed E-state index contributed by atoms with van der Waals surface area (Å²) in [5.74, 6) is 1.95. The highest BCUT2D eigenvalue weighted by Gasteiger charge is 2.15. The molecule has 0 saturated heterocycles. The molecule has 224 valence electrons. The first kappa shape index (κ1) is 27.7. The molecule has 0 unspecified atom stereocenters. The second kappa shape index (κ2) is 11.6. The van der Waals surface area contributed by atoms with Gasteiger partial charge in [-0.1, -0.05) is 115 Å². The fourth-order valence-electron chi connectivity index (χ4n) is 6.47. The summed E-state index contributed by atoms with van der Waals surface area (Å²) in [6, 6.07) is 50.2. The van der Waals surface area contributed by atoms with Crippen LogP contribution in [0.15, 0.2) is 164 Å². The Morgan fingerprint density at radius 2 is 0.792 bits per heavy atom. The lowest BCUT2D eigenvalue weighted by molar-refractivity contribution is 1.07. The molecule has 6 aromatic carbocycles. The molecule has 0 bridgehead atoms. The van der Waals surface area contributed by atoms with E-state index in [2.05, 4.69) is 77.8 Å². The van der Waals surface area contributed by atoms with Gasteiger partial charge in [-0.25, -0.2) is 15.0 Å². The van der Waals surface area contributed by atoms with E-state index in [1.807, 2.05) is 79.0 Å². The van der Waals surface area contributed by atoms with E-state index in [4.69, 9.17) is 19.9 Å². The number of rotatable bonds is 5. The molecular weight excluding hydrogens is 587 g/mol. The molecule has 3 heterocycles. The number of pyridine rings is 2. The van der Waals surface area contributed by atoms with Crippen LogP contribution in [-0.2, 0) is 0 Å². The molecule has 0 aliphatic rings. The molecule has 0 aliphatic heterocycles. The lowest BCUT2D eigenvalue weighted by atomic mass is 9.91. The summed E-state index contributed by atoms with van der Waals surface area (Å²) in [4.78, 5) is 23.8. The Hall–Kier alpha value is -6.59. The molecule has 5 nitrogen and oxygen atoms in total. The van der Waals surface area contributed by atoms with E-state index in [1.54, 1.807) is 12.4 Å². The fraction of sp³-hybridized carbons (Fsp3) is 0. The first-order chi connectivity index (χ1) is 23.8. The second-order valence-corrected chi connectivity index (χ2v) is 11.8. The highest BCUT2D eigenvalue weighted by molar-refractivity contribution is 6.26. The van der Waals surface area contributed by atoms with Crippen molar-refractivity contribution in [3.63, 3.8) is 0 Å². The molecule has 5 heteroatoms. The molecule has 0 spiro atoms. The van der Waals surface area contributed by atoms with Crippen molar-refractivity contribution in [2.24, 2.45) is 0 Å². The van der Waals surface area contributed by atoms with Gasteiger partial charge in [0.25, 0.3) is 0 Å². The van der Waals surface area contributed by atoms with Crippen molar-refractivity contribution in [3.05, 3.63) is 164 Å². The van der Waals surface area contributed by atoms with Gasteiger partial charge < -0.3 is 0 Å². The number of aromatic nitrogens is 5. The lowest BCUT2D eigenvalue weighted by Gasteiger charge is -2.14. The van der Waals surface area contributed by atoms with Gasteiger partial charge in [0.15, 0.2) is 17.5 Å². The van der Waals surface area contributed by atoms with Gasteiger partial charge >= 0.3 is 0 Å². The maximum absolute atomic E-state index is 4.99. The fourth-order valence-corrected chi connectivity index (χ4v) is 6.47. The van der Waals surface area contributed by atoms with Crippen molar-refractivity contribution in [1.82, 2.24) is 24.9 Å². The number of fused-ring (bicyclic) bond motifs is 6. The normalized spacial score (nSPS) is 11.3. The van der Waals surface area contributed by atoms with Crippen LogP contribution in [0.3, 0.4) is 0 Å². The Kier molecular flexibility index (Phi) is 6.72. The Morgan fingerprint density at radius 3 is 1.35 bits per heavy atom. The average Bonchev–Trinajstić information content (AvgIpc) is 3.18. The van der Waals surface area contributed by atoms with Crippen LogP contribution in [0, 0.1) is 0 Å². The van der Waals surface area contributed by atoms with Crippen LogP contribution in [0.2, 0.25) is 0 Å². The molecule has 0 amide bonds. The van der Waals surface area contributed by atoms with E-state index in [-0.39, 0.29) is 0 Å². The third-order valence-electron chi connectivity index (χ3n) is 8.87. The number of hydrogen-bond donors (Lipinski definition) is 0. The largest absolute Gasteiger partial charge is 0.265 e. The van der Waals surface area contributed by atoms with E-state index in [0.29, 0.717) is 17.5 Å². The standard InChI is InChI=1S/C43H27N5/c1-3-9-29(10-4-1)41-46-42(30-11-5-2-6-12-30)48-43(47-41)32-16-19-37-36-18-15-31(25-38(36)34-13-7-8-14-35(34)39(37)26-32)40-20-17-33(27-45-40)28-21-23-44-24-22-28/h1-27H. The minimum atomic E-state index is 0.644. The van der Waals surface area contributed by atoms with Crippen molar-refractivity contribution in [2.45, 2.75) is 0 Å². The molecule has 0 radical (unpaired) electrons. The molecule has 0 saturated carbocycles. The molecule has 9 rings (SSSR count). The minimum Gasteiger partial charge on any atom is -0.265 e. The van der Waals surface area contributed by atoms with Gasteiger partial charge in [-0.2, -0.15) is 0 Å². The van der Waals surface area contributed by atoms with Gasteiger partial charge in [-0.15, -0.1) is 0 Å². The smallest absolute Gasteiger partial charge is 0.164 e. The van der Waals surface area contributed by atoms with Crippen molar-refractivity contribution < 1.29 is 0 Å². The summed E-state index contributed by atoms with van der Waals surface area (Å²) < 4.78 is 0. The lowest BCUT2D eigenvalue weighted by Crippen LogP contribution is -2.00. The van der Waals surface area contributed by atoms with Crippen molar-refractivity contribution in [3.8, 4) is 56.5 Å². The third kappa shape index (κ3) is 4.95. The van der Waals surface area contributed by atoms with Gasteiger partial charge in [0, 0.05) is 46.4 Å². The number of benzene rings is 6. The SMILES string of the molecule is c1ccc(-c2nc(-c3ccccc3)nc(-c3ccc4c5ccc(-c6ccc(-c7ccncc7)cn6)cc5c5ccccc5c4c3)n2)cc1. The van der Waals surface area contributed by atoms with Crippen LogP contribution in [0.25, 0.3) is 88.9 Å². The Balaban J connectivity index is 1.19. The number of hydrogen-bond acceptors (Lipinski definition) is 5. The van der Waals surface area contributed by atoms with Crippen molar-refractivity contribution >= 4 is 32.3 Å². The van der Waals surface area contributed by atoms with E-state index in [9.17, 15) is 0 Å². The van der Waals surface area contributed by atoms with Crippen LogP contribution in [0.5, 0.6) is 0 Å². The molecule has 9 aromatic rings. The summed E-state index contributed by atoms with van der Waals surface area (Å²) in [5.41, 5.74) is 7.03. The molecule has 0 aliphatic carbocycles. The van der Waals surface area contributed by atoms with E-state index in [1.165, 1.54) is 26.9 Å². The molecule has 0 N–H and O–H groups in total. The Labute approximate surface area is 277 Å². The zero-order chi connectivity index (χ0) is 31.9. The van der Waals surface area contributed by atoms with Crippen LogP contribution in [0.1, 0.15) is 0 Å². The molecule has 48 heavy (non-hydrogen) atoms. The van der Waals surface area contributed by atoms with Crippen molar-refractivity contribution in [1.29, 1.82) is 0 Å². The zero-order valence-corrected chi connectivity index (χ0v) is 25.8. The summed E-state index contributed by atoms with van der Waals surface area (Å²) in [7, 11) is 0. The minimum absolute atomic E-state index is 0.644. The molecule has 3 aromatic heterocycles. The second-order valence-electron chi connectivity index (χ2n) is 11.8. The average molecular weight is 614 g/mol. The topological polar surface area (TPSA) is 64.5 Å². The van der Waals surface area contributed by atoms with Gasteiger partial charge in [0.1, 0.15) is 0 Å². The quantitative estimate of drug-likeness (QED) is 0.181. The predicted molar refractivity (Wildman–Crippen MR) is 195 cm³/mol. The van der Waals surface area contributed by atoms with Gasteiger partial charge in [0.05, 0.1) is 5.69 Å². The van der Waals surface area contributed by atoms with Gasteiger partial charge in [0.2, 0.25) is 0 Å². The summed E-state index contributed by atoms with van der Waals surface area (Å²) in [5, 5.41) is 7.10. The zero-order valence-electron chi connectivity index (χ0n) is 25.8. The first-order valence-corrected chi connectivity index (χ1v) is 15.9. The third-order valence-corrected chi connectivity index (χ3v) is 8.87. The van der Waals surface area contributed by atoms with Crippen LogP contribution < -0.4 is 0 Å². The number of nitrogens with zero attached hydrogens (tertiary/aromatic N) is 5. The molecular formula is C43H27N5. The maximum atomic E-state index is 4.99. The highest BCUT2D eigenvalue weighted by Crippen LogP contribution is 2.39. The molecule has 0 atom stereocenters. The van der Waals surface area contributed by atoms with Crippen LogP contribution in [-0.4, -0.2) is 24.9 Å². The summed E-state index contributed by atoms with van der Waals surface area (Å²) >= 11 is 0.